The second-order valence-electron chi connectivity index (χ2n) is 3.36. The van der Waals surface area contributed by atoms with Gasteiger partial charge in [0.25, 0.3) is 0 Å². The van der Waals surface area contributed by atoms with Crippen molar-refractivity contribution in [2.75, 3.05) is 6.61 Å². The van der Waals surface area contributed by atoms with Gasteiger partial charge in [0.05, 0.1) is 12.7 Å². The standard InChI is InChI=1S/C10H9N3O3/c11-13-12-10(14)16-8-3-1-7(2-4-8)5-9-6-15-9/h1-4,9H,5-6H2. The minimum absolute atomic E-state index is 0.330. The highest BCUT2D eigenvalue weighted by Gasteiger charge is 2.22. The van der Waals surface area contributed by atoms with Crippen LogP contribution in [0.4, 0.5) is 4.79 Å². The minimum Gasteiger partial charge on any atom is -0.422 e. The van der Waals surface area contributed by atoms with Crippen LogP contribution < -0.4 is 4.74 Å². The Kier molecular flexibility index (Phi) is 3.05. The highest BCUT2D eigenvalue weighted by Crippen LogP contribution is 2.19. The van der Waals surface area contributed by atoms with Crippen LogP contribution in [0.1, 0.15) is 5.56 Å². The summed E-state index contributed by atoms with van der Waals surface area (Å²) in [5.41, 5.74) is 9.13. The van der Waals surface area contributed by atoms with Gasteiger partial charge in [-0.05, 0) is 23.2 Å². The van der Waals surface area contributed by atoms with Crippen LogP contribution in [0.25, 0.3) is 10.4 Å². The second kappa shape index (κ2) is 4.65. The van der Waals surface area contributed by atoms with E-state index in [1.54, 1.807) is 12.1 Å². The number of amides is 1. The molecule has 16 heavy (non-hydrogen) atoms. The zero-order valence-corrected chi connectivity index (χ0v) is 8.37. The number of carbonyl (C=O) groups excluding carboxylic acids is 1. The summed E-state index contributed by atoms with van der Waals surface area (Å²) in [4.78, 5) is 13.2. The van der Waals surface area contributed by atoms with Gasteiger partial charge < -0.3 is 9.47 Å². The predicted molar refractivity (Wildman–Crippen MR) is 55.1 cm³/mol. The third-order valence-electron chi connectivity index (χ3n) is 2.12. The van der Waals surface area contributed by atoms with Gasteiger partial charge in [0.1, 0.15) is 5.75 Å². The molecule has 0 spiro atoms. The monoisotopic (exact) mass is 219 g/mol. The van der Waals surface area contributed by atoms with Crippen LogP contribution in [-0.2, 0) is 11.2 Å². The molecule has 0 bridgehead atoms. The number of nitrogens with zero attached hydrogens (tertiary/aromatic N) is 3. The maximum Gasteiger partial charge on any atom is 0.402 e. The van der Waals surface area contributed by atoms with E-state index in [-0.39, 0.29) is 0 Å². The van der Waals surface area contributed by atoms with Crippen molar-refractivity contribution in [2.24, 2.45) is 5.11 Å². The molecule has 6 nitrogen and oxygen atoms in total. The number of carbonyl (C=O) groups is 1. The predicted octanol–water partition coefficient (Wildman–Crippen LogP) is 2.44. The van der Waals surface area contributed by atoms with Gasteiger partial charge in [-0.15, -0.1) is 0 Å². The Morgan fingerprint density at radius 3 is 2.81 bits per heavy atom. The number of epoxide rings is 1. The molecule has 0 N–H and O–H groups in total. The largest absolute Gasteiger partial charge is 0.422 e. The molecule has 1 heterocycles. The molecule has 1 aliphatic heterocycles. The molecule has 1 saturated heterocycles. The van der Waals surface area contributed by atoms with E-state index in [1.165, 1.54) is 0 Å². The summed E-state index contributed by atoms with van der Waals surface area (Å²) < 4.78 is 9.84. The molecule has 1 atom stereocenters. The molecule has 1 aromatic carbocycles. The Morgan fingerprint density at radius 1 is 1.56 bits per heavy atom. The molecule has 0 aliphatic carbocycles. The van der Waals surface area contributed by atoms with Crippen LogP contribution in [-0.4, -0.2) is 18.8 Å². The maximum atomic E-state index is 10.8. The fraction of sp³-hybridized carbons (Fsp3) is 0.300. The molecular formula is C10H9N3O3. The summed E-state index contributed by atoms with van der Waals surface area (Å²) in [5, 5.41) is 2.80. The van der Waals surface area contributed by atoms with Crippen LogP contribution in [0.3, 0.4) is 0 Å². The highest BCUT2D eigenvalue weighted by atomic mass is 16.6. The van der Waals surface area contributed by atoms with Crippen LogP contribution >= 0.6 is 0 Å². The molecule has 1 fully saturated rings. The topological polar surface area (TPSA) is 87.6 Å². The molecule has 1 amide bonds. The Bertz CT molecular complexity index is 433. The van der Waals surface area contributed by atoms with Gasteiger partial charge in [0.15, 0.2) is 0 Å². The van der Waals surface area contributed by atoms with Crippen molar-refractivity contribution in [3.8, 4) is 5.75 Å². The molecule has 0 aromatic heterocycles. The van der Waals surface area contributed by atoms with Gasteiger partial charge in [-0.1, -0.05) is 12.1 Å². The van der Waals surface area contributed by atoms with Crippen LogP contribution in [0.2, 0.25) is 0 Å². The molecule has 1 aliphatic rings. The molecule has 82 valence electrons. The first-order chi connectivity index (χ1) is 7.78. The van der Waals surface area contributed by atoms with Crippen molar-refractivity contribution >= 4 is 6.09 Å². The number of benzene rings is 1. The zero-order valence-electron chi connectivity index (χ0n) is 8.37. The van der Waals surface area contributed by atoms with Crippen LogP contribution in [0.15, 0.2) is 29.4 Å². The minimum atomic E-state index is -0.958. The Balaban J connectivity index is 1.95. The number of hydrogen-bond acceptors (Lipinski definition) is 3. The second-order valence-corrected chi connectivity index (χ2v) is 3.36. The fourth-order valence-corrected chi connectivity index (χ4v) is 1.30. The lowest BCUT2D eigenvalue weighted by Gasteiger charge is -2.01. The number of ether oxygens (including phenoxy) is 2. The molecule has 1 unspecified atom stereocenters. The van der Waals surface area contributed by atoms with Crippen molar-refractivity contribution in [3.05, 3.63) is 40.3 Å². The van der Waals surface area contributed by atoms with E-state index in [0.717, 1.165) is 18.6 Å². The van der Waals surface area contributed by atoms with E-state index in [4.69, 9.17) is 15.0 Å². The summed E-state index contributed by atoms with van der Waals surface area (Å²) in [6, 6.07) is 7.01. The molecule has 0 radical (unpaired) electrons. The Morgan fingerprint density at radius 2 is 2.25 bits per heavy atom. The summed E-state index contributed by atoms with van der Waals surface area (Å²) in [7, 11) is 0. The number of rotatable bonds is 3. The van der Waals surface area contributed by atoms with E-state index < -0.39 is 6.09 Å². The number of azide groups is 1. The zero-order chi connectivity index (χ0) is 11.4. The average molecular weight is 219 g/mol. The van der Waals surface area contributed by atoms with Gasteiger partial charge in [-0.25, -0.2) is 4.79 Å². The third kappa shape index (κ3) is 2.98. The van der Waals surface area contributed by atoms with E-state index in [0.29, 0.717) is 11.9 Å². The Hall–Kier alpha value is -2.04. The summed E-state index contributed by atoms with van der Waals surface area (Å²) in [5.74, 6) is 0.359. The first kappa shape index (κ1) is 10.5. The molecule has 6 heteroatoms. The molecule has 2 rings (SSSR count). The van der Waals surface area contributed by atoms with Gasteiger partial charge in [0.2, 0.25) is 0 Å². The lowest BCUT2D eigenvalue weighted by molar-refractivity contribution is 0.211. The highest BCUT2D eigenvalue weighted by molar-refractivity contribution is 5.71. The summed E-state index contributed by atoms with van der Waals surface area (Å²) in [6.45, 7) is 0.813. The van der Waals surface area contributed by atoms with E-state index in [9.17, 15) is 4.79 Å². The number of hydrogen-bond donors (Lipinski definition) is 0. The van der Waals surface area contributed by atoms with Gasteiger partial charge in [-0.2, -0.15) is 0 Å². The lowest BCUT2D eigenvalue weighted by atomic mass is 10.1. The van der Waals surface area contributed by atoms with Gasteiger partial charge >= 0.3 is 6.09 Å². The summed E-state index contributed by atoms with van der Waals surface area (Å²) in [6.07, 6.45) is 0.238. The van der Waals surface area contributed by atoms with Crippen molar-refractivity contribution in [3.63, 3.8) is 0 Å². The van der Waals surface area contributed by atoms with Crippen molar-refractivity contribution in [2.45, 2.75) is 12.5 Å². The Labute approximate surface area is 91.4 Å². The first-order valence-corrected chi connectivity index (χ1v) is 4.75. The van der Waals surface area contributed by atoms with E-state index >= 15 is 0 Å². The molecule has 0 saturated carbocycles. The van der Waals surface area contributed by atoms with E-state index in [1.807, 2.05) is 12.1 Å². The first-order valence-electron chi connectivity index (χ1n) is 4.75. The smallest absolute Gasteiger partial charge is 0.402 e. The van der Waals surface area contributed by atoms with Crippen LogP contribution in [0.5, 0.6) is 5.75 Å². The normalized spacial score (nSPS) is 17.4. The molecular weight excluding hydrogens is 210 g/mol. The van der Waals surface area contributed by atoms with Crippen molar-refractivity contribution < 1.29 is 14.3 Å². The maximum absolute atomic E-state index is 10.8. The SMILES string of the molecule is [N-]=[N+]=NC(=O)Oc1ccc(CC2CO2)cc1. The van der Waals surface area contributed by atoms with Crippen molar-refractivity contribution in [1.29, 1.82) is 0 Å². The van der Waals surface area contributed by atoms with Crippen LogP contribution in [0, 0.1) is 0 Å². The van der Waals surface area contributed by atoms with Gasteiger partial charge in [0, 0.05) is 16.4 Å². The van der Waals surface area contributed by atoms with Crippen molar-refractivity contribution in [1.82, 2.24) is 0 Å². The third-order valence-corrected chi connectivity index (χ3v) is 2.12. The summed E-state index contributed by atoms with van der Waals surface area (Å²) >= 11 is 0. The lowest BCUT2D eigenvalue weighted by Crippen LogP contribution is -2.00. The van der Waals surface area contributed by atoms with Gasteiger partial charge in [-0.3, -0.25) is 0 Å². The molecule has 1 aromatic rings. The van der Waals surface area contributed by atoms with E-state index in [2.05, 4.69) is 10.0 Å². The quantitative estimate of drug-likeness (QED) is 0.338. The fourth-order valence-electron chi connectivity index (χ4n) is 1.30. The average Bonchev–Trinajstić information content (AvgIpc) is 3.05.